The average Bonchev–Trinajstić information content (AvgIpc) is 3.08. The standard InChI is InChI=1S/C30H32FNO4/c1-20-27-18-25(34)10-13-28(27)36-30(29(20)22-5-4-7-24(33)17-22)21-8-11-26(12-9-21)35-16-15-32-14-3-2-6-23(31)19-32/h4-5,7-13,17-18,23,30,33-34H,2-3,6,14-16,19H2,1H3. The van der Waals surface area contributed by atoms with Crippen LogP contribution in [0.2, 0.25) is 0 Å². The average molecular weight is 490 g/mol. The highest BCUT2D eigenvalue weighted by Gasteiger charge is 2.29. The van der Waals surface area contributed by atoms with E-state index in [9.17, 15) is 14.6 Å². The van der Waals surface area contributed by atoms with E-state index in [-0.39, 0.29) is 11.5 Å². The van der Waals surface area contributed by atoms with E-state index in [0.29, 0.717) is 31.9 Å². The normalized spacial score (nSPS) is 20.4. The molecule has 5 rings (SSSR count). The van der Waals surface area contributed by atoms with Gasteiger partial charge in [-0.1, -0.05) is 24.3 Å². The number of phenolic OH excluding ortho intramolecular Hbond substituents is 2. The van der Waals surface area contributed by atoms with Crippen LogP contribution in [0.1, 0.15) is 49.0 Å². The van der Waals surface area contributed by atoms with Gasteiger partial charge >= 0.3 is 0 Å². The number of fused-ring (bicyclic) bond motifs is 1. The summed E-state index contributed by atoms with van der Waals surface area (Å²) in [6, 6.07) is 20.1. The predicted octanol–water partition coefficient (Wildman–Crippen LogP) is 6.37. The van der Waals surface area contributed by atoms with E-state index < -0.39 is 12.3 Å². The Morgan fingerprint density at radius 1 is 1.00 bits per heavy atom. The number of hydrogen-bond acceptors (Lipinski definition) is 5. The lowest BCUT2D eigenvalue weighted by molar-refractivity contribution is 0.175. The Labute approximate surface area is 211 Å². The zero-order chi connectivity index (χ0) is 25.1. The predicted molar refractivity (Wildman–Crippen MR) is 139 cm³/mol. The molecule has 2 heterocycles. The van der Waals surface area contributed by atoms with Crippen LogP contribution in [-0.2, 0) is 0 Å². The number of likely N-dealkylation sites (tertiary alicyclic amines) is 1. The molecule has 0 radical (unpaired) electrons. The second kappa shape index (κ2) is 10.6. The summed E-state index contributed by atoms with van der Waals surface area (Å²) in [6.45, 7) is 4.64. The largest absolute Gasteiger partial charge is 0.508 e. The first-order chi connectivity index (χ1) is 17.5. The first-order valence-corrected chi connectivity index (χ1v) is 12.6. The molecule has 0 saturated carbocycles. The molecular formula is C30H32FNO4. The quantitative estimate of drug-likeness (QED) is 0.422. The Balaban J connectivity index is 1.36. The molecule has 2 unspecified atom stereocenters. The number of nitrogens with zero attached hydrogens (tertiary/aromatic N) is 1. The summed E-state index contributed by atoms with van der Waals surface area (Å²) in [7, 11) is 0. The summed E-state index contributed by atoms with van der Waals surface area (Å²) >= 11 is 0. The van der Waals surface area contributed by atoms with Crippen molar-refractivity contribution in [3.05, 3.63) is 83.4 Å². The lowest BCUT2D eigenvalue weighted by Gasteiger charge is -2.31. The number of benzene rings is 3. The number of allylic oxidation sites excluding steroid dienone is 1. The molecule has 0 amide bonds. The van der Waals surface area contributed by atoms with Crippen molar-refractivity contribution in [3.8, 4) is 23.0 Å². The molecular weight excluding hydrogens is 457 g/mol. The van der Waals surface area contributed by atoms with E-state index in [1.165, 1.54) is 0 Å². The fourth-order valence-electron chi connectivity index (χ4n) is 5.12. The van der Waals surface area contributed by atoms with Gasteiger partial charge in [-0.15, -0.1) is 0 Å². The van der Waals surface area contributed by atoms with Gasteiger partial charge < -0.3 is 19.7 Å². The van der Waals surface area contributed by atoms with Crippen LogP contribution in [0.4, 0.5) is 4.39 Å². The molecule has 36 heavy (non-hydrogen) atoms. The van der Waals surface area contributed by atoms with Gasteiger partial charge in [0.25, 0.3) is 0 Å². The molecule has 2 N–H and O–H groups in total. The van der Waals surface area contributed by atoms with Crippen molar-refractivity contribution < 1.29 is 24.1 Å². The van der Waals surface area contributed by atoms with E-state index >= 15 is 0 Å². The number of alkyl halides is 1. The van der Waals surface area contributed by atoms with Crippen LogP contribution in [0.5, 0.6) is 23.0 Å². The van der Waals surface area contributed by atoms with Crippen LogP contribution in [0, 0.1) is 0 Å². The third-order valence-electron chi connectivity index (χ3n) is 6.99. The highest BCUT2D eigenvalue weighted by atomic mass is 19.1. The number of aromatic hydroxyl groups is 2. The second-order valence-corrected chi connectivity index (χ2v) is 9.58. The van der Waals surface area contributed by atoms with E-state index in [0.717, 1.165) is 53.0 Å². The molecule has 2 aliphatic rings. The summed E-state index contributed by atoms with van der Waals surface area (Å²) in [6.07, 6.45) is 1.51. The van der Waals surface area contributed by atoms with E-state index in [1.54, 1.807) is 30.3 Å². The van der Waals surface area contributed by atoms with Gasteiger partial charge in [-0.25, -0.2) is 4.39 Å². The van der Waals surface area contributed by atoms with Crippen molar-refractivity contribution in [2.24, 2.45) is 0 Å². The first kappa shape index (κ1) is 24.2. The van der Waals surface area contributed by atoms with Crippen LogP contribution in [0.25, 0.3) is 11.1 Å². The third kappa shape index (κ3) is 5.34. The fourth-order valence-corrected chi connectivity index (χ4v) is 5.12. The minimum Gasteiger partial charge on any atom is -0.508 e. The van der Waals surface area contributed by atoms with Crippen molar-refractivity contribution in [1.29, 1.82) is 0 Å². The highest BCUT2D eigenvalue weighted by Crippen LogP contribution is 2.47. The molecule has 3 aromatic carbocycles. The Morgan fingerprint density at radius 2 is 1.81 bits per heavy atom. The Bertz CT molecular complexity index is 1240. The summed E-state index contributed by atoms with van der Waals surface area (Å²) in [5, 5.41) is 20.2. The highest BCUT2D eigenvalue weighted by molar-refractivity contribution is 5.95. The monoisotopic (exact) mass is 489 g/mol. The molecule has 188 valence electrons. The van der Waals surface area contributed by atoms with Crippen LogP contribution in [-0.4, -0.2) is 47.5 Å². The number of ether oxygens (including phenoxy) is 2. The smallest absolute Gasteiger partial charge is 0.150 e. The summed E-state index contributed by atoms with van der Waals surface area (Å²) in [4.78, 5) is 2.15. The molecule has 1 fully saturated rings. The van der Waals surface area contributed by atoms with Crippen LogP contribution in [0.15, 0.2) is 66.7 Å². The molecule has 2 aliphatic heterocycles. The van der Waals surface area contributed by atoms with Crippen LogP contribution < -0.4 is 9.47 Å². The Morgan fingerprint density at radius 3 is 2.61 bits per heavy atom. The van der Waals surface area contributed by atoms with Gasteiger partial charge in [0.2, 0.25) is 0 Å². The van der Waals surface area contributed by atoms with E-state index in [2.05, 4.69) is 4.90 Å². The lowest BCUT2D eigenvalue weighted by Crippen LogP contribution is -2.32. The molecule has 0 aliphatic carbocycles. The van der Waals surface area contributed by atoms with Crippen LogP contribution >= 0.6 is 0 Å². The molecule has 0 bridgehead atoms. The minimum absolute atomic E-state index is 0.175. The zero-order valence-corrected chi connectivity index (χ0v) is 20.5. The number of rotatable bonds is 6. The topological polar surface area (TPSA) is 62.2 Å². The zero-order valence-electron chi connectivity index (χ0n) is 20.5. The lowest BCUT2D eigenvalue weighted by atomic mass is 9.86. The van der Waals surface area contributed by atoms with Gasteiger partial charge in [0.15, 0.2) is 0 Å². The minimum atomic E-state index is -0.742. The number of phenols is 2. The van der Waals surface area contributed by atoms with E-state index in [4.69, 9.17) is 9.47 Å². The summed E-state index contributed by atoms with van der Waals surface area (Å²) < 4.78 is 26.3. The van der Waals surface area contributed by atoms with Gasteiger partial charge in [0.05, 0.1) is 0 Å². The summed E-state index contributed by atoms with van der Waals surface area (Å²) in [5.74, 6) is 1.81. The van der Waals surface area contributed by atoms with Crippen molar-refractivity contribution >= 4 is 11.1 Å². The Kier molecular flexibility index (Phi) is 7.14. The molecule has 0 aromatic heterocycles. The Hall–Kier alpha value is -3.51. The maximum Gasteiger partial charge on any atom is 0.150 e. The fraction of sp³-hybridized carbons (Fsp3) is 0.333. The third-order valence-corrected chi connectivity index (χ3v) is 6.99. The van der Waals surface area contributed by atoms with Crippen molar-refractivity contribution in [2.45, 2.75) is 38.5 Å². The van der Waals surface area contributed by atoms with Gasteiger partial charge in [-0.2, -0.15) is 0 Å². The van der Waals surface area contributed by atoms with Gasteiger partial charge in [-0.05, 0) is 91.9 Å². The van der Waals surface area contributed by atoms with Crippen molar-refractivity contribution in [2.75, 3.05) is 26.2 Å². The van der Waals surface area contributed by atoms with Gasteiger partial charge in [0, 0.05) is 24.2 Å². The molecule has 6 heteroatoms. The van der Waals surface area contributed by atoms with Crippen LogP contribution in [0.3, 0.4) is 0 Å². The SMILES string of the molecule is CC1=C(c2cccc(O)c2)C(c2ccc(OCCN3CCCCC(F)C3)cc2)Oc2ccc(O)cc21. The molecule has 0 spiro atoms. The molecule has 2 atom stereocenters. The summed E-state index contributed by atoms with van der Waals surface area (Å²) in [5.41, 5.74) is 4.54. The second-order valence-electron chi connectivity index (χ2n) is 9.58. The van der Waals surface area contributed by atoms with Gasteiger partial charge in [0.1, 0.15) is 41.9 Å². The maximum atomic E-state index is 13.9. The van der Waals surface area contributed by atoms with Crippen molar-refractivity contribution in [3.63, 3.8) is 0 Å². The molecule has 3 aromatic rings. The van der Waals surface area contributed by atoms with Crippen molar-refractivity contribution in [1.82, 2.24) is 4.90 Å². The maximum absolute atomic E-state index is 13.9. The first-order valence-electron chi connectivity index (χ1n) is 12.6. The number of halogens is 1. The molecule has 5 nitrogen and oxygen atoms in total. The van der Waals surface area contributed by atoms with Gasteiger partial charge in [-0.3, -0.25) is 4.90 Å². The van der Waals surface area contributed by atoms with E-state index in [1.807, 2.05) is 43.3 Å². The molecule has 1 saturated heterocycles. The number of hydrogen-bond donors (Lipinski definition) is 2.